The molecule has 36 heavy (non-hydrogen) atoms. The number of anilines is 1. The Morgan fingerprint density at radius 2 is 1.72 bits per heavy atom. The molecular formula is C29H29N5O2. The van der Waals surface area contributed by atoms with E-state index >= 15 is 0 Å². The predicted octanol–water partition coefficient (Wildman–Crippen LogP) is 4.95. The number of fused-ring (bicyclic) bond motifs is 1. The third-order valence-electron chi connectivity index (χ3n) is 6.77. The van der Waals surface area contributed by atoms with Crippen LogP contribution in [0, 0.1) is 5.92 Å². The lowest BCUT2D eigenvalue weighted by Crippen LogP contribution is -2.37. The summed E-state index contributed by atoms with van der Waals surface area (Å²) in [6.45, 7) is 4.11. The van der Waals surface area contributed by atoms with E-state index in [-0.39, 0.29) is 11.9 Å². The summed E-state index contributed by atoms with van der Waals surface area (Å²) >= 11 is 0. The second-order valence-corrected chi connectivity index (χ2v) is 9.10. The van der Waals surface area contributed by atoms with E-state index in [1.54, 1.807) is 0 Å². The van der Waals surface area contributed by atoms with Gasteiger partial charge >= 0.3 is 0 Å². The maximum absolute atomic E-state index is 11.7. The third-order valence-corrected chi connectivity index (χ3v) is 6.77. The van der Waals surface area contributed by atoms with E-state index in [0.29, 0.717) is 18.3 Å². The summed E-state index contributed by atoms with van der Waals surface area (Å²) in [4.78, 5) is 25.5. The number of hydrogen-bond donors (Lipinski definition) is 2. The van der Waals surface area contributed by atoms with Crippen LogP contribution in [0.2, 0.25) is 0 Å². The normalized spacial score (nSPS) is 19.2. The van der Waals surface area contributed by atoms with Gasteiger partial charge in [0.05, 0.1) is 23.5 Å². The molecule has 7 nitrogen and oxygen atoms in total. The molecular weight excluding hydrogens is 450 g/mol. The van der Waals surface area contributed by atoms with Crippen LogP contribution in [-0.4, -0.2) is 34.2 Å². The highest BCUT2D eigenvalue weighted by Crippen LogP contribution is 2.34. The monoisotopic (exact) mass is 479 g/mol. The minimum Gasteiger partial charge on any atom is -0.457 e. The number of carbonyl (C=O) groups excluding carboxylic acids is 1. The Hall–Kier alpha value is -4.26. The standard InChI is InChI=1S/C29H29N5O2/c1-2-26(35)34-22-12-8-19(9-13-22)21-16-25-27(29(30)33-18-32-25)28(31-17-21)20-10-14-24(15-11-20)36-23-6-4-3-5-7-23/h2-7,10-11,14-16,18-19,22H,1,8-9,12-13,17H2,(H,34,35)(H2,30,32,33). The molecule has 1 aromatic heterocycles. The fourth-order valence-corrected chi connectivity index (χ4v) is 4.89. The Morgan fingerprint density at radius 3 is 2.44 bits per heavy atom. The third kappa shape index (κ3) is 5.20. The summed E-state index contributed by atoms with van der Waals surface area (Å²) in [5, 5.41) is 3.02. The van der Waals surface area contributed by atoms with E-state index in [9.17, 15) is 4.79 Å². The van der Waals surface area contributed by atoms with Crippen LogP contribution in [0.25, 0.3) is 6.08 Å². The number of rotatable bonds is 6. The van der Waals surface area contributed by atoms with E-state index in [1.807, 2.05) is 54.6 Å². The molecule has 2 aliphatic rings. The molecule has 5 rings (SSSR count). The van der Waals surface area contributed by atoms with Crippen LogP contribution < -0.4 is 15.8 Å². The first-order chi connectivity index (χ1) is 17.6. The molecule has 2 heterocycles. The van der Waals surface area contributed by atoms with Gasteiger partial charge in [-0.1, -0.05) is 24.8 Å². The number of carbonyl (C=O) groups is 1. The quantitative estimate of drug-likeness (QED) is 0.487. The van der Waals surface area contributed by atoms with Gasteiger partial charge in [-0.3, -0.25) is 9.79 Å². The summed E-state index contributed by atoms with van der Waals surface area (Å²) in [7, 11) is 0. The SMILES string of the molecule is C=CC(=O)NC1CCC(C2=Cc3ncnc(N)c3C(c3ccc(Oc4ccccc4)cc3)=NC2)CC1. The van der Waals surface area contributed by atoms with E-state index < -0.39 is 0 Å². The number of amides is 1. The number of aliphatic imine (C=N–C) groups is 1. The number of para-hydroxylation sites is 1. The lowest BCUT2D eigenvalue weighted by atomic mass is 9.81. The van der Waals surface area contributed by atoms with Gasteiger partial charge in [0, 0.05) is 11.6 Å². The smallest absolute Gasteiger partial charge is 0.243 e. The number of nitrogens with two attached hydrogens (primary N) is 1. The molecule has 1 saturated carbocycles. The highest BCUT2D eigenvalue weighted by molar-refractivity contribution is 6.17. The van der Waals surface area contributed by atoms with Crippen LogP contribution in [0.4, 0.5) is 5.82 Å². The van der Waals surface area contributed by atoms with Gasteiger partial charge in [-0.15, -0.1) is 0 Å². The Morgan fingerprint density at radius 1 is 1.00 bits per heavy atom. The number of nitrogens with one attached hydrogen (secondary N) is 1. The van der Waals surface area contributed by atoms with Crippen molar-refractivity contribution in [1.82, 2.24) is 15.3 Å². The lowest BCUT2D eigenvalue weighted by Gasteiger charge is -2.30. The highest BCUT2D eigenvalue weighted by Gasteiger charge is 2.27. The molecule has 1 aliphatic carbocycles. The van der Waals surface area contributed by atoms with Gasteiger partial charge in [0.1, 0.15) is 23.6 Å². The zero-order chi connectivity index (χ0) is 24.9. The number of hydrogen-bond acceptors (Lipinski definition) is 6. The molecule has 3 N–H and O–H groups in total. The van der Waals surface area contributed by atoms with E-state index in [4.69, 9.17) is 15.5 Å². The van der Waals surface area contributed by atoms with Gasteiger partial charge in [0.15, 0.2) is 0 Å². The Balaban J connectivity index is 1.37. The molecule has 182 valence electrons. The summed E-state index contributed by atoms with van der Waals surface area (Å²) < 4.78 is 5.94. The second-order valence-electron chi connectivity index (χ2n) is 9.10. The maximum Gasteiger partial charge on any atom is 0.243 e. The lowest BCUT2D eigenvalue weighted by molar-refractivity contribution is -0.117. The first-order valence-corrected chi connectivity index (χ1v) is 12.2. The van der Waals surface area contributed by atoms with Crippen molar-refractivity contribution in [2.75, 3.05) is 12.3 Å². The molecule has 1 fully saturated rings. The van der Waals surface area contributed by atoms with Crippen LogP contribution in [0.3, 0.4) is 0 Å². The molecule has 7 heteroatoms. The molecule has 0 spiro atoms. The molecule has 0 bridgehead atoms. The first kappa shape index (κ1) is 23.5. The fraction of sp³-hybridized carbons (Fsp3) is 0.241. The molecule has 0 saturated heterocycles. The van der Waals surface area contributed by atoms with Crippen LogP contribution in [0.15, 0.2) is 84.1 Å². The van der Waals surface area contributed by atoms with E-state index in [0.717, 1.165) is 59.7 Å². The van der Waals surface area contributed by atoms with E-state index in [1.165, 1.54) is 18.0 Å². The van der Waals surface area contributed by atoms with Gasteiger partial charge in [0.25, 0.3) is 0 Å². The van der Waals surface area contributed by atoms with Gasteiger partial charge in [0.2, 0.25) is 5.91 Å². The first-order valence-electron chi connectivity index (χ1n) is 12.2. The summed E-state index contributed by atoms with van der Waals surface area (Å²) in [6, 6.07) is 17.7. The predicted molar refractivity (Wildman–Crippen MR) is 142 cm³/mol. The average Bonchev–Trinajstić information content (AvgIpc) is 3.11. The molecule has 0 atom stereocenters. The second kappa shape index (κ2) is 10.6. The van der Waals surface area contributed by atoms with Crippen molar-refractivity contribution in [3.63, 3.8) is 0 Å². The molecule has 1 amide bonds. The number of nitrogens with zero attached hydrogens (tertiary/aromatic N) is 3. The van der Waals surface area contributed by atoms with Crippen LogP contribution in [-0.2, 0) is 4.79 Å². The minimum atomic E-state index is -0.109. The van der Waals surface area contributed by atoms with Gasteiger partial charge in [-0.05, 0) is 85.7 Å². The van der Waals surface area contributed by atoms with Crippen molar-refractivity contribution in [2.24, 2.45) is 10.9 Å². The Bertz CT molecular complexity index is 1310. The van der Waals surface area contributed by atoms with Crippen LogP contribution >= 0.6 is 0 Å². The largest absolute Gasteiger partial charge is 0.457 e. The zero-order valence-electron chi connectivity index (χ0n) is 20.1. The molecule has 0 radical (unpaired) electrons. The van der Waals surface area contributed by atoms with Crippen LogP contribution in [0.5, 0.6) is 11.5 Å². The van der Waals surface area contributed by atoms with Crippen molar-refractivity contribution >= 4 is 23.5 Å². The highest BCUT2D eigenvalue weighted by atomic mass is 16.5. The fourth-order valence-electron chi connectivity index (χ4n) is 4.89. The number of nitrogen functional groups attached to an aromatic ring is 1. The summed E-state index contributed by atoms with van der Waals surface area (Å²) in [5.41, 5.74) is 10.8. The zero-order valence-corrected chi connectivity index (χ0v) is 20.1. The van der Waals surface area contributed by atoms with Crippen molar-refractivity contribution in [3.8, 4) is 11.5 Å². The van der Waals surface area contributed by atoms with Gasteiger partial charge in [-0.25, -0.2) is 9.97 Å². The number of ether oxygens (including phenoxy) is 1. The van der Waals surface area contributed by atoms with Crippen molar-refractivity contribution in [1.29, 1.82) is 0 Å². The Labute approximate surface area is 210 Å². The number of aromatic nitrogens is 2. The van der Waals surface area contributed by atoms with Crippen molar-refractivity contribution in [2.45, 2.75) is 31.7 Å². The summed E-state index contributed by atoms with van der Waals surface area (Å²) in [6.07, 6.45) is 8.80. The van der Waals surface area contributed by atoms with Crippen LogP contribution in [0.1, 0.15) is 42.5 Å². The Kier molecular flexibility index (Phi) is 6.89. The molecule has 3 aromatic rings. The minimum absolute atomic E-state index is 0.109. The van der Waals surface area contributed by atoms with Gasteiger partial charge in [-0.2, -0.15) is 0 Å². The summed E-state index contributed by atoms with van der Waals surface area (Å²) in [5.74, 6) is 2.22. The molecule has 0 unspecified atom stereocenters. The van der Waals surface area contributed by atoms with E-state index in [2.05, 4.69) is 27.9 Å². The number of benzene rings is 2. The topological polar surface area (TPSA) is 102 Å². The van der Waals surface area contributed by atoms with Crippen molar-refractivity contribution < 1.29 is 9.53 Å². The van der Waals surface area contributed by atoms with Gasteiger partial charge < -0.3 is 15.8 Å². The molecule has 1 aliphatic heterocycles. The van der Waals surface area contributed by atoms with Crippen molar-refractivity contribution in [3.05, 3.63) is 96.0 Å². The molecule has 2 aromatic carbocycles. The average molecular weight is 480 g/mol. The maximum atomic E-state index is 11.7.